The van der Waals surface area contributed by atoms with Crippen molar-refractivity contribution in [3.8, 4) is 33.4 Å². The van der Waals surface area contributed by atoms with Crippen molar-refractivity contribution in [3.05, 3.63) is 114 Å². The van der Waals surface area contributed by atoms with E-state index in [0.29, 0.717) is 30.8 Å². The Morgan fingerprint density at radius 3 is 1.74 bits per heavy atom. The number of aromatic nitrogens is 6. The molecule has 0 spiro atoms. The molecule has 0 bridgehead atoms. The third kappa shape index (κ3) is 9.89. The summed E-state index contributed by atoms with van der Waals surface area (Å²) in [5.74, 6) is 0. The first kappa shape index (κ1) is 45.7. The van der Waals surface area contributed by atoms with Crippen LogP contribution in [0.3, 0.4) is 0 Å². The molecule has 0 aliphatic carbocycles. The Balaban J connectivity index is 0.000000178. The second kappa shape index (κ2) is 18.2. The zero-order valence-corrected chi connectivity index (χ0v) is 40.8. The number of nitrogens with zero attached hydrogens (tertiary/aromatic N) is 9. The van der Waals surface area contributed by atoms with E-state index in [9.17, 15) is 13.2 Å². The molecule has 1 N–H and O–H groups in total. The third-order valence-electron chi connectivity index (χ3n) is 12.0. The highest BCUT2D eigenvalue weighted by molar-refractivity contribution is 9.10. The molecule has 7 aromatic rings. The molecule has 3 aromatic carbocycles. The van der Waals surface area contributed by atoms with E-state index < -0.39 is 15.4 Å². The number of fused-ring (bicyclic) bond motifs is 2. The molecule has 1 amide bonds. The first-order valence-corrected chi connectivity index (χ1v) is 24.6. The average Bonchev–Trinajstić information content (AvgIpc) is 3.85. The van der Waals surface area contributed by atoms with E-state index in [1.165, 1.54) is 11.9 Å². The standard InChI is InChI=1S/C26H29N5O2S.C23H28BrN5O2/c1-17-5-10-23(34(4,32)33)11-24(17)25-15-29-30-16-21(14-28-26(25)30)20-6-8-22(9-7-20)31-18(2)12-27-13-19(31)3;1-15-12-27(22(30)31-23(3,4)5)13-16(2)29(15)19-8-6-17(7-9-19)18-10-25-21-20(24)11-26-28(21)14-18/h5-11,14-16,18-19,27H,12-13H2,1-4H3;6-11,14-16H,12-13H2,1-5H3/t18-,19+;15-,16+. The fraction of sp³-hybridized carbons (Fsp3) is 0.367. The molecular weight excluding hydrogens is 905 g/mol. The minimum Gasteiger partial charge on any atom is -0.444 e. The van der Waals surface area contributed by atoms with E-state index in [4.69, 9.17) is 9.72 Å². The molecule has 0 unspecified atom stereocenters. The predicted molar refractivity (Wildman–Crippen MR) is 261 cm³/mol. The number of carbonyl (C=O) groups is 1. The summed E-state index contributed by atoms with van der Waals surface area (Å²) in [7, 11) is -3.30. The minimum absolute atomic E-state index is 0.182. The molecule has 4 aromatic heterocycles. The largest absolute Gasteiger partial charge is 0.444 e. The highest BCUT2D eigenvalue weighted by Crippen LogP contribution is 2.32. The van der Waals surface area contributed by atoms with Crippen molar-refractivity contribution in [2.75, 3.05) is 42.2 Å². The van der Waals surface area contributed by atoms with Gasteiger partial charge in [-0.3, -0.25) is 0 Å². The van der Waals surface area contributed by atoms with Crippen LogP contribution in [0.2, 0.25) is 0 Å². The lowest BCUT2D eigenvalue weighted by Crippen LogP contribution is -2.58. The van der Waals surface area contributed by atoms with Crippen LogP contribution in [0.5, 0.6) is 0 Å². The van der Waals surface area contributed by atoms with E-state index in [2.05, 4.69) is 122 Å². The van der Waals surface area contributed by atoms with E-state index in [-0.39, 0.29) is 23.1 Å². The van der Waals surface area contributed by atoms with Crippen molar-refractivity contribution >= 4 is 54.5 Å². The van der Waals surface area contributed by atoms with Crippen LogP contribution in [-0.4, -0.2) is 111 Å². The van der Waals surface area contributed by atoms with Crippen LogP contribution >= 0.6 is 15.9 Å². The molecular formula is C49H57BrN10O4S. The Labute approximate surface area is 389 Å². The van der Waals surface area contributed by atoms with Gasteiger partial charge in [-0.05, 0) is 130 Å². The molecule has 4 atom stereocenters. The number of sulfone groups is 1. The SMILES string of the molecule is C[C@@H]1CN(C(=O)OC(C)(C)C)C[C@H](C)N1c1ccc(-c2cnc3c(Br)cnn3c2)cc1.Cc1ccc(S(C)(=O)=O)cc1-c1cnn2cc(-c3ccc(N4[C@H](C)CNC[C@@H]4C)cc3)cnc12. The van der Waals surface area contributed by atoms with Gasteiger partial charge in [-0.2, -0.15) is 10.2 Å². The van der Waals surface area contributed by atoms with Crippen LogP contribution in [0.15, 0.2) is 113 Å². The molecule has 0 radical (unpaired) electrons. The molecule has 6 heterocycles. The molecule has 2 fully saturated rings. The van der Waals surface area contributed by atoms with Gasteiger partial charge in [0.15, 0.2) is 21.1 Å². The maximum absolute atomic E-state index is 12.5. The maximum atomic E-state index is 12.5. The number of aryl methyl sites for hydroxylation is 1. The molecule has 340 valence electrons. The van der Waals surface area contributed by atoms with Crippen molar-refractivity contribution in [1.29, 1.82) is 0 Å². The van der Waals surface area contributed by atoms with Gasteiger partial charge in [-0.1, -0.05) is 30.3 Å². The highest BCUT2D eigenvalue weighted by atomic mass is 79.9. The van der Waals surface area contributed by atoms with Gasteiger partial charge >= 0.3 is 6.09 Å². The highest BCUT2D eigenvalue weighted by Gasteiger charge is 2.34. The predicted octanol–water partition coefficient (Wildman–Crippen LogP) is 8.95. The van der Waals surface area contributed by atoms with Crippen molar-refractivity contribution in [2.45, 2.75) is 90.1 Å². The topological polar surface area (TPSA) is 143 Å². The molecule has 14 nitrogen and oxygen atoms in total. The maximum Gasteiger partial charge on any atom is 0.410 e. The Kier molecular flexibility index (Phi) is 12.8. The van der Waals surface area contributed by atoms with Crippen LogP contribution in [0.4, 0.5) is 16.2 Å². The smallest absolute Gasteiger partial charge is 0.410 e. The van der Waals surface area contributed by atoms with Crippen LogP contribution in [0.1, 0.15) is 54.0 Å². The number of carbonyl (C=O) groups excluding carboxylic acids is 1. The van der Waals surface area contributed by atoms with E-state index >= 15 is 0 Å². The molecule has 2 saturated heterocycles. The molecule has 16 heteroatoms. The lowest BCUT2D eigenvalue weighted by Gasteiger charge is -2.45. The molecule has 9 rings (SSSR count). The molecule has 2 aliphatic rings. The first-order valence-electron chi connectivity index (χ1n) is 21.9. The number of ether oxygens (including phenoxy) is 1. The fourth-order valence-electron chi connectivity index (χ4n) is 8.93. The Hall–Kier alpha value is -5.84. The number of piperazine rings is 2. The first-order chi connectivity index (χ1) is 30.8. The van der Waals surface area contributed by atoms with Crippen LogP contribution in [0, 0.1) is 6.92 Å². The van der Waals surface area contributed by atoms with E-state index in [1.807, 2.05) is 63.4 Å². The van der Waals surface area contributed by atoms with Gasteiger partial charge in [-0.25, -0.2) is 32.2 Å². The summed E-state index contributed by atoms with van der Waals surface area (Å²) in [5, 5.41) is 12.3. The third-order valence-corrected chi connectivity index (χ3v) is 13.7. The number of benzene rings is 3. The van der Waals surface area contributed by atoms with Crippen LogP contribution < -0.4 is 15.1 Å². The van der Waals surface area contributed by atoms with E-state index in [0.717, 1.165) is 67.8 Å². The van der Waals surface area contributed by atoms with Gasteiger partial charge in [0.2, 0.25) is 0 Å². The quantitative estimate of drug-likeness (QED) is 0.171. The summed E-state index contributed by atoms with van der Waals surface area (Å²) < 4.78 is 34.1. The van der Waals surface area contributed by atoms with Gasteiger partial charge in [0.05, 0.1) is 21.8 Å². The number of halogens is 1. The van der Waals surface area contributed by atoms with Gasteiger partial charge in [0, 0.05) is 109 Å². The summed E-state index contributed by atoms with van der Waals surface area (Å²) in [6, 6.07) is 23.5. The number of hydrogen-bond acceptors (Lipinski definition) is 11. The second-order valence-corrected chi connectivity index (χ2v) is 21.2. The second-order valence-electron chi connectivity index (χ2n) is 18.4. The molecule has 2 aliphatic heterocycles. The van der Waals surface area contributed by atoms with Gasteiger partial charge < -0.3 is 24.8 Å². The van der Waals surface area contributed by atoms with Crippen molar-refractivity contribution in [2.24, 2.45) is 0 Å². The lowest BCUT2D eigenvalue weighted by molar-refractivity contribution is 0.0193. The summed E-state index contributed by atoms with van der Waals surface area (Å²) in [4.78, 5) is 28.6. The molecule has 0 saturated carbocycles. The number of amides is 1. The van der Waals surface area contributed by atoms with Crippen molar-refractivity contribution < 1.29 is 17.9 Å². The lowest BCUT2D eigenvalue weighted by atomic mass is 10.0. The van der Waals surface area contributed by atoms with Gasteiger partial charge in [-0.15, -0.1) is 0 Å². The van der Waals surface area contributed by atoms with E-state index in [1.54, 1.807) is 33.6 Å². The summed E-state index contributed by atoms with van der Waals surface area (Å²) in [6.07, 6.45) is 12.1. The average molecular weight is 962 g/mol. The van der Waals surface area contributed by atoms with Gasteiger partial charge in [0.1, 0.15) is 5.60 Å². The molecule has 65 heavy (non-hydrogen) atoms. The zero-order chi connectivity index (χ0) is 46.4. The van der Waals surface area contributed by atoms with Crippen molar-refractivity contribution in [3.63, 3.8) is 0 Å². The number of nitrogens with one attached hydrogen (secondary N) is 1. The summed E-state index contributed by atoms with van der Waals surface area (Å²) in [5.41, 5.74) is 10.1. The number of hydrogen-bond donors (Lipinski definition) is 1. The number of rotatable bonds is 6. The minimum atomic E-state index is -3.30. The van der Waals surface area contributed by atoms with Crippen molar-refractivity contribution in [1.82, 2.24) is 39.4 Å². The van der Waals surface area contributed by atoms with Gasteiger partial charge in [0.25, 0.3) is 0 Å². The Morgan fingerprint density at radius 2 is 1.20 bits per heavy atom. The Morgan fingerprint density at radius 1 is 0.692 bits per heavy atom. The normalized spacial score (nSPS) is 19.3. The fourth-order valence-corrected chi connectivity index (χ4v) is 9.95. The van der Waals surface area contributed by atoms with Crippen LogP contribution in [0.25, 0.3) is 44.7 Å². The number of anilines is 2. The van der Waals surface area contributed by atoms with Crippen LogP contribution in [-0.2, 0) is 14.6 Å². The summed E-state index contributed by atoms with van der Waals surface area (Å²) in [6.45, 7) is 19.7. The monoisotopic (exact) mass is 960 g/mol. The Bertz CT molecular complexity index is 2930. The zero-order valence-electron chi connectivity index (χ0n) is 38.4. The summed E-state index contributed by atoms with van der Waals surface area (Å²) >= 11 is 3.46.